The fourth-order valence-electron chi connectivity index (χ4n) is 1.85. The first-order valence-corrected chi connectivity index (χ1v) is 8.58. The number of halogens is 2. The molecule has 0 aliphatic rings. The van der Waals surface area contributed by atoms with E-state index in [4.69, 9.17) is 16.3 Å². The van der Waals surface area contributed by atoms with Crippen LogP contribution >= 0.6 is 38.9 Å². The Morgan fingerprint density at radius 2 is 2.20 bits per heavy atom. The molecule has 1 N–H and O–H groups in total. The molecule has 2 nitrogen and oxygen atoms in total. The summed E-state index contributed by atoms with van der Waals surface area (Å²) in [7, 11) is 0. The van der Waals surface area contributed by atoms with E-state index in [1.54, 1.807) is 11.3 Å². The molecule has 1 unspecified atom stereocenters. The normalized spacial score (nSPS) is 12.2. The van der Waals surface area contributed by atoms with Gasteiger partial charge >= 0.3 is 0 Å². The molecule has 20 heavy (non-hydrogen) atoms. The van der Waals surface area contributed by atoms with Crippen molar-refractivity contribution in [2.75, 3.05) is 11.9 Å². The van der Waals surface area contributed by atoms with Gasteiger partial charge in [-0.25, -0.2) is 0 Å². The monoisotopic (exact) mass is 373 g/mol. The van der Waals surface area contributed by atoms with E-state index in [0.717, 1.165) is 22.3 Å². The summed E-state index contributed by atoms with van der Waals surface area (Å²) in [4.78, 5) is 1.27. The number of anilines is 1. The van der Waals surface area contributed by atoms with E-state index in [-0.39, 0.29) is 6.04 Å². The number of rotatable bonds is 6. The van der Waals surface area contributed by atoms with Crippen LogP contribution in [-0.2, 0) is 0 Å². The average molecular weight is 375 g/mol. The van der Waals surface area contributed by atoms with Crippen LogP contribution in [0.1, 0.15) is 31.2 Å². The van der Waals surface area contributed by atoms with Crippen LogP contribution in [0.2, 0.25) is 5.02 Å². The van der Waals surface area contributed by atoms with Gasteiger partial charge in [-0.05, 0) is 58.9 Å². The number of nitrogens with one attached hydrogen (secondary N) is 1. The Morgan fingerprint density at radius 1 is 1.40 bits per heavy atom. The van der Waals surface area contributed by atoms with E-state index < -0.39 is 0 Å². The predicted molar refractivity (Wildman–Crippen MR) is 91.3 cm³/mol. The molecule has 2 rings (SSSR count). The molecule has 0 aliphatic heterocycles. The molecule has 2 aromatic rings. The summed E-state index contributed by atoms with van der Waals surface area (Å²) in [6.45, 7) is 4.89. The third kappa shape index (κ3) is 3.90. The number of hydrogen-bond donors (Lipinski definition) is 1. The number of benzene rings is 1. The van der Waals surface area contributed by atoms with Gasteiger partial charge in [0.1, 0.15) is 5.75 Å². The van der Waals surface area contributed by atoms with Crippen molar-refractivity contribution in [2.24, 2.45) is 0 Å². The molecule has 1 atom stereocenters. The molecule has 1 aromatic heterocycles. The summed E-state index contributed by atoms with van der Waals surface area (Å²) in [5, 5.41) is 6.17. The summed E-state index contributed by atoms with van der Waals surface area (Å²) >= 11 is 11.5. The highest BCUT2D eigenvalue weighted by atomic mass is 79.9. The van der Waals surface area contributed by atoms with E-state index >= 15 is 0 Å². The van der Waals surface area contributed by atoms with Crippen molar-refractivity contribution in [3.63, 3.8) is 0 Å². The lowest BCUT2D eigenvalue weighted by Gasteiger charge is -2.16. The number of thiophene rings is 1. The van der Waals surface area contributed by atoms with E-state index in [0.29, 0.717) is 11.6 Å². The number of ether oxygens (including phenoxy) is 1. The summed E-state index contributed by atoms with van der Waals surface area (Å²) in [5.41, 5.74) is 0.992. The van der Waals surface area contributed by atoms with Crippen LogP contribution < -0.4 is 10.1 Å². The molecular formula is C15H17BrClNOS. The molecule has 0 saturated heterocycles. The van der Waals surface area contributed by atoms with Gasteiger partial charge in [-0.1, -0.05) is 18.5 Å². The fourth-order valence-corrected chi connectivity index (χ4v) is 3.81. The van der Waals surface area contributed by atoms with Gasteiger partial charge in [-0.3, -0.25) is 0 Å². The molecule has 1 heterocycles. The van der Waals surface area contributed by atoms with Crippen molar-refractivity contribution < 1.29 is 4.74 Å². The molecule has 0 amide bonds. The SMILES string of the molecule is CCCOc1ccc(NC(C)c2sccc2Br)cc1Cl. The average Bonchev–Trinajstić information content (AvgIpc) is 2.84. The van der Waals surface area contributed by atoms with Crippen molar-refractivity contribution in [3.05, 3.63) is 44.0 Å². The maximum Gasteiger partial charge on any atom is 0.138 e. The van der Waals surface area contributed by atoms with Crippen LogP contribution in [0, 0.1) is 0 Å². The molecule has 1 aromatic carbocycles. The molecule has 0 radical (unpaired) electrons. The lowest BCUT2D eigenvalue weighted by molar-refractivity contribution is 0.317. The van der Waals surface area contributed by atoms with Crippen LogP contribution in [0.3, 0.4) is 0 Å². The van der Waals surface area contributed by atoms with E-state index in [9.17, 15) is 0 Å². The van der Waals surface area contributed by atoms with Gasteiger partial charge in [0.05, 0.1) is 17.7 Å². The molecule has 108 valence electrons. The minimum atomic E-state index is 0.225. The van der Waals surface area contributed by atoms with Crippen molar-refractivity contribution >= 4 is 44.6 Å². The first-order chi connectivity index (χ1) is 9.61. The fraction of sp³-hybridized carbons (Fsp3) is 0.333. The topological polar surface area (TPSA) is 21.3 Å². The quantitative estimate of drug-likeness (QED) is 0.657. The Morgan fingerprint density at radius 3 is 2.80 bits per heavy atom. The van der Waals surface area contributed by atoms with E-state index in [2.05, 4.69) is 46.5 Å². The summed E-state index contributed by atoms with van der Waals surface area (Å²) < 4.78 is 6.71. The third-order valence-electron chi connectivity index (χ3n) is 2.81. The van der Waals surface area contributed by atoms with Crippen molar-refractivity contribution in [3.8, 4) is 5.75 Å². The molecule has 5 heteroatoms. The molecule has 0 spiro atoms. The van der Waals surface area contributed by atoms with Crippen molar-refractivity contribution in [1.82, 2.24) is 0 Å². The highest BCUT2D eigenvalue weighted by Gasteiger charge is 2.11. The molecule has 0 aliphatic carbocycles. The van der Waals surface area contributed by atoms with Gasteiger partial charge < -0.3 is 10.1 Å². The van der Waals surface area contributed by atoms with Gasteiger partial charge in [-0.2, -0.15) is 0 Å². The Hall–Kier alpha value is -0.710. The second-order valence-electron chi connectivity index (χ2n) is 4.49. The number of hydrogen-bond acceptors (Lipinski definition) is 3. The standard InChI is InChI=1S/C15H17BrClNOS/c1-3-7-19-14-5-4-11(9-13(14)17)18-10(2)15-12(16)6-8-20-15/h4-6,8-10,18H,3,7H2,1-2H3. The molecule has 0 bridgehead atoms. The zero-order valence-corrected chi connectivity index (χ0v) is 14.6. The zero-order valence-electron chi connectivity index (χ0n) is 11.5. The van der Waals surface area contributed by atoms with Crippen LogP contribution in [0.25, 0.3) is 0 Å². The third-order valence-corrected chi connectivity index (χ3v) is 5.16. The van der Waals surface area contributed by atoms with Crippen LogP contribution in [0.5, 0.6) is 5.75 Å². The van der Waals surface area contributed by atoms with E-state index in [1.807, 2.05) is 18.2 Å². The van der Waals surface area contributed by atoms with Crippen LogP contribution in [0.15, 0.2) is 34.1 Å². The largest absolute Gasteiger partial charge is 0.492 e. The first kappa shape index (κ1) is 15.7. The summed E-state index contributed by atoms with van der Waals surface area (Å²) in [6.07, 6.45) is 0.972. The maximum absolute atomic E-state index is 6.23. The van der Waals surface area contributed by atoms with Crippen molar-refractivity contribution in [1.29, 1.82) is 0 Å². The lowest BCUT2D eigenvalue weighted by Crippen LogP contribution is -2.05. The van der Waals surface area contributed by atoms with Gasteiger partial charge in [0, 0.05) is 15.0 Å². The highest BCUT2D eigenvalue weighted by molar-refractivity contribution is 9.10. The lowest BCUT2D eigenvalue weighted by atomic mass is 10.2. The Kier molecular flexibility index (Phi) is 5.75. The zero-order chi connectivity index (χ0) is 14.5. The highest BCUT2D eigenvalue weighted by Crippen LogP contribution is 2.33. The van der Waals surface area contributed by atoms with E-state index in [1.165, 1.54) is 4.88 Å². The Bertz CT molecular complexity index is 573. The minimum Gasteiger partial charge on any atom is -0.492 e. The second-order valence-corrected chi connectivity index (χ2v) is 6.70. The predicted octanol–water partition coefficient (Wildman–Crippen LogP) is 6.13. The smallest absolute Gasteiger partial charge is 0.138 e. The molecular weight excluding hydrogens is 358 g/mol. The van der Waals surface area contributed by atoms with Crippen LogP contribution in [0.4, 0.5) is 5.69 Å². The van der Waals surface area contributed by atoms with Gasteiger partial charge in [0.15, 0.2) is 0 Å². The Labute approximate surface area is 137 Å². The Balaban J connectivity index is 2.07. The molecule has 0 saturated carbocycles. The second kappa shape index (κ2) is 7.34. The summed E-state index contributed by atoms with van der Waals surface area (Å²) in [6, 6.07) is 8.10. The van der Waals surface area contributed by atoms with Crippen molar-refractivity contribution in [2.45, 2.75) is 26.3 Å². The first-order valence-electron chi connectivity index (χ1n) is 6.53. The van der Waals surface area contributed by atoms with Gasteiger partial charge in [0.2, 0.25) is 0 Å². The maximum atomic E-state index is 6.23. The summed E-state index contributed by atoms with van der Waals surface area (Å²) in [5.74, 6) is 0.740. The van der Waals surface area contributed by atoms with Crippen LogP contribution in [-0.4, -0.2) is 6.61 Å². The van der Waals surface area contributed by atoms with Gasteiger partial charge in [0.25, 0.3) is 0 Å². The van der Waals surface area contributed by atoms with Gasteiger partial charge in [-0.15, -0.1) is 11.3 Å². The molecule has 0 fully saturated rings. The minimum absolute atomic E-state index is 0.225.